The molecule has 0 unspecified atom stereocenters. The van der Waals surface area contributed by atoms with Gasteiger partial charge in [0.15, 0.2) is 0 Å². The van der Waals surface area contributed by atoms with Crippen LogP contribution < -0.4 is 14.4 Å². The number of nitrogens with zero attached hydrogens (tertiary/aromatic N) is 2. The lowest BCUT2D eigenvalue weighted by Crippen LogP contribution is -2.50. The summed E-state index contributed by atoms with van der Waals surface area (Å²) in [6.45, 7) is 4.51. The van der Waals surface area contributed by atoms with Gasteiger partial charge in [-0.15, -0.1) is 0 Å². The van der Waals surface area contributed by atoms with Gasteiger partial charge in [-0.3, -0.25) is 13.9 Å². The lowest BCUT2D eigenvalue weighted by Gasteiger charge is -2.32. The molecule has 0 saturated carbocycles. The van der Waals surface area contributed by atoms with Gasteiger partial charge >= 0.3 is 0 Å². The molecule has 226 valence electrons. The predicted molar refractivity (Wildman–Crippen MR) is 168 cm³/mol. The summed E-state index contributed by atoms with van der Waals surface area (Å²) in [6, 6.07) is 21.3. The molecule has 0 spiro atoms. The number of ether oxygens (including phenoxy) is 1. The van der Waals surface area contributed by atoms with Gasteiger partial charge in [0.1, 0.15) is 11.8 Å². The summed E-state index contributed by atoms with van der Waals surface area (Å²) >= 11 is 6.27. The number of halogens is 1. The Balaban J connectivity index is 1.91. The number of hydrogen-bond donors (Lipinski definition) is 1. The van der Waals surface area contributed by atoms with E-state index in [2.05, 4.69) is 5.32 Å². The van der Waals surface area contributed by atoms with E-state index < -0.39 is 16.1 Å². The molecule has 1 atom stereocenters. The first-order valence-electron chi connectivity index (χ1n) is 14.0. The van der Waals surface area contributed by atoms with E-state index in [1.54, 1.807) is 37.1 Å². The summed E-state index contributed by atoms with van der Waals surface area (Å²) in [6.07, 6.45) is 2.53. The summed E-state index contributed by atoms with van der Waals surface area (Å²) in [5.41, 5.74) is 2.87. The van der Waals surface area contributed by atoms with Crippen LogP contribution in [0.15, 0.2) is 72.8 Å². The highest BCUT2D eigenvalue weighted by molar-refractivity contribution is 7.92. The van der Waals surface area contributed by atoms with Gasteiger partial charge in [0, 0.05) is 37.5 Å². The lowest BCUT2D eigenvalue weighted by atomic mass is 10.0. The highest BCUT2D eigenvalue weighted by Crippen LogP contribution is 2.28. The van der Waals surface area contributed by atoms with E-state index in [0.717, 1.165) is 23.8 Å². The molecule has 3 aromatic carbocycles. The fraction of sp³-hybridized carbons (Fsp3) is 0.375. The van der Waals surface area contributed by atoms with Gasteiger partial charge in [-0.05, 0) is 60.7 Å². The molecule has 3 rings (SSSR count). The minimum atomic E-state index is -3.64. The Labute approximate surface area is 254 Å². The standard InChI is InChI=1S/C32H40ClN3O5S/c1-5-19-34-32(38)30(22-25-12-7-6-8-13-25)35(23-26-14-9-15-27(21-26)41-3)31(37)18-11-20-36(42(4,39)40)29-17-10-16-28(33)24(29)2/h6-10,12-17,21,30H,5,11,18-20,22-23H2,1-4H3,(H,34,38)/t30-/m1/s1. The minimum Gasteiger partial charge on any atom is -0.497 e. The number of amides is 2. The lowest BCUT2D eigenvalue weighted by molar-refractivity contribution is -0.141. The van der Waals surface area contributed by atoms with E-state index >= 15 is 0 Å². The molecule has 0 bridgehead atoms. The Kier molecular flexibility index (Phi) is 12.2. The van der Waals surface area contributed by atoms with E-state index in [-0.39, 0.29) is 37.7 Å². The normalized spacial score (nSPS) is 11.9. The Morgan fingerprint density at radius 3 is 2.36 bits per heavy atom. The first kappa shape index (κ1) is 32.9. The van der Waals surface area contributed by atoms with Crippen molar-refractivity contribution in [2.75, 3.05) is 30.8 Å². The third-order valence-corrected chi connectivity index (χ3v) is 8.56. The molecular weight excluding hydrogens is 574 g/mol. The third kappa shape index (κ3) is 9.22. The zero-order valence-corrected chi connectivity index (χ0v) is 26.2. The molecule has 0 aliphatic heterocycles. The first-order chi connectivity index (χ1) is 20.0. The molecule has 42 heavy (non-hydrogen) atoms. The van der Waals surface area contributed by atoms with Gasteiger partial charge in [-0.2, -0.15) is 0 Å². The molecule has 8 nitrogen and oxygen atoms in total. The molecule has 2 amide bonds. The van der Waals surface area contributed by atoms with E-state index in [4.69, 9.17) is 16.3 Å². The number of carbonyl (C=O) groups excluding carboxylic acids is 2. The number of nitrogens with one attached hydrogen (secondary N) is 1. The zero-order chi connectivity index (χ0) is 30.7. The van der Waals surface area contributed by atoms with Gasteiger partial charge in [-0.1, -0.05) is 67.1 Å². The maximum absolute atomic E-state index is 13.9. The molecule has 1 N–H and O–H groups in total. The van der Waals surface area contributed by atoms with Crippen molar-refractivity contribution in [1.29, 1.82) is 0 Å². The molecule has 0 aliphatic rings. The monoisotopic (exact) mass is 613 g/mol. The number of sulfonamides is 1. The Hall–Kier alpha value is -3.56. The van der Waals surface area contributed by atoms with Crippen LogP contribution in [0.1, 0.15) is 42.9 Å². The zero-order valence-electron chi connectivity index (χ0n) is 24.7. The number of benzene rings is 3. The minimum absolute atomic E-state index is 0.0436. The van der Waals surface area contributed by atoms with Crippen molar-refractivity contribution in [1.82, 2.24) is 10.2 Å². The molecule has 0 fully saturated rings. The van der Waals surface area contributed by atoms with Gasteiger partial charge in [0.05, 0.1) is 19.1 Å². The van der Waals surface area contributed by atoms with Crippen LogP contribution in [0.2, 0.25) is 5.02 Å². The van der Waals surface area contributed by atoms with Crippen LogP contribution in [-0.2, 0) is 32.6 Å². The maximum Gasteiger partial charge on any atom is 0.243 e. The molecule has 0 radical (unpaired) electrons. The number of carbonyl (C=O) groups is 2. The van der Waals surface area contributed by atoms with Crippen molar-refractivity contribution < 1.29 is 22.7 Å². The van der Waals surface area contributed by atoms with Crippen LogP contribution in [0.5, 0.6) is 5.75 Å². The summed E-state index contributed by atoms with van der Waals surface area (Å²) in [5.74, 6) is 0.168. The quantitative estimate of drug-likeness (QED) is 0.249. The van der Waals surface area contributed by atoms with Crippen LogP contribution in [-0.4, -0.2) is 57.6 Å². The van der Waals surface area contributed by atoms with Gasteiger partial charge in [-0.25, -0.2) is 8.42 Å². The summed E-state index contributed by atoms with van der Waals surface area (Å²) in [7, 11) is -2.06. The maximum atomic E-state index is 13.9. The molecule has 0 aliphatic carbocycles. The Morgan fingerprint density at radius 1 is 1.00 bits per heavy atom. The number of rotatable bonds is 15. The van der Waals surface area contributed by atoms with Gasteiger partial charge < -0.3 is 15.0 Å². The second kappa shape index (κ2) is 15.6. The van der Waals surface area contributed by atoms with Gasteiger partial charge in [0.25, 0.3) is 0 Å². The number of hydrogen-bond acceptors (Lipinski definition) is 5. The second-order valence-electron chi connectivity index (χ2n) is 10.2. The average Bonchev–Trinajstić information content (AvgIpc) is 2.97. The van der Waals surface area contributed by atoms with Crippen molar-refractivity contribution in [3.05, 3.63) is 94.5 Å². The van der Waals surface area contributed by atoms with Crippen LogP contribution in [0, 0.1) is 6.92 Å². The summed E-state index contributed by atoms with van der Waals surface area (Å²) in [4.78, 5) is 29.0. The smallest absolute Gasteiger partial charge is 0.243 e. The van der Waals surface area contributed by atoms with Crippen LogP contribution in [0.25, 0.3) is 0 Å². The Morgan fingerprint density at radius 2 is 1.69 bits per heavy atom. The topological polar surface area (TPSA) is 96.0 Å². The van der Waals surface area contributed by atoms with E-state index in [1.165, 1.54) is 4.31 Å². The molecule has 0 heterocycles. The second-order valence-corrected chi connectivity index (χ2v) is 12.5. The van der Waals surface area contributed by atoms with Crippen LogP contribution in [0.4, 0.5) is 5.69 Å². The van der Waals surface area contributed by atoms with Crippen molar-refractivity contribution in [2.24, 2.45) is 0 Å². The average molecular weight is 614 g/mol. The highest BCUT2D eigenvalue weighted by Gasteiger charge is 2.30. The van der Waals surface area contributed by atoms with Crippen LogP contribution >= 0.6 is 11.6 Å². The summed E-state index contributed by atoms with van der Waals surface area (Å²) < 4.78 is 32.1. The molecule has 0 saturated heterocycles. The third-order valence-electron chi connectivity index (χ3n) is 6.97. The molecule has 3 aromatic rings. The SMILES string of the molecule is CCCNC(=O)[C@@H](Cc1ccccc1)N(Cc1cccc(OC)c1)C(=O)CCCN(c1cccc(Cl)c1C)S(C)(=O)=O. The summed E-state index contributed by atoms with van der Waals surface area (Å²) in [5, 5.41) is 3.43. The first-order valence-corrected chi connectivity index (χ1v) is 16.2. The highest BCUT2D eigenvalue weighted by atomic mass is 35.5. The Bertz CT molecular complexity index is 1450. The fourth-order valence-electron chi connectivity index (χ4n) is 4.74. The van der Waals surface area contributed by atoms with E-state index in [9.17, 15) is 18.0 Å². The number of anilines is 1. The van der Waals surface area contributed by atoms with Crippen LogP contribution in [0.3, 0.4) is 0 Å². The van der Waals surface area contributed by atoms with Crippen molar-refractivity contribution in [3.8, 4) is 5.75 Å². The van der Waals surface area contributed by atoms with E-state index in [1.807, 2.05) is 61.5 Å². The van der Waals surface area contributed by atoms with Gasteiger partial charge in [0.2, 0.25) is 21.8 Å². The predicted octanol–water partition coefficient (Wildman–Crippen LogP) is 5.37. The molecule has 10 heteroatoms. The molecule has 0 aromatic heterocycles. The van der Waals surface area contributed by atoms with Crippen molar-refractivity contribution in [2.45, 2.75) is 52.1 Å². The fourth-order valence-corrected chi connectivity index (χ4v) is 5.92. The molecular formula is C32H40ClN3O5S. The largest absolute Gasteiger partial charge is 0.497 e. The van der Waals surface area contributed by atoms with E-state index in [0.29, 0.717) is 35.0 Å². The van der Waals surface area contributed by atoms with Crippen molar-refractivity contribution in [3.63, 3.8) is 0 Å². The van der Waals surface area contributed by atoms with Crippen molar-refractivity contribution >= 4 is 39.1 Å². The number of methoxy groups -OCH3 is 1.